The second-order valence-electron chi connectivity index (χ2n) is 4.84. The van der Waals surface area contributed by atoms with Crippen LogP contribution in [0.2, 0.25) is 5.02 Å². The Labute approximate surface area is 135 Å². The number of nitrogens with one attached hydrogen (secondary N) is 1. The van der Waals surface area contributed by atoms with Crippen molar-refractivity contribution in [2.45, 2.75) is 13.8 Å². The van der Waals surface area contributed by atoms with Gasteiger partial charge in [-0.05, 0) is 43.2 Å². The smallest absolute Gasteiger partial charge is 0.143 e. The monoisotopic (exact) mass is 320 g/mol. The van der Waals surface area contributed by atoms with E-state index in [2.05, 4.69) is 5.32 Å². The maximum absolute atomic E-state index is 6.13. The molecular formula is C16H17ClN2OS. The van der Waals surface area contributed by atoms with E-state index in [1.54, 1.807) is 13.2 Å². The third-order valence-corrected chi connectivity index (χ3v) is 3.82. The molecule has 21 heavy (non-hydrogen) atoms. The van der Waals surface area contributed by atoms with E-state index in [4.69, 9.17) is 34.3 Å². The number of nitrogens with two attached hydrogens (primary N) is 1. The fraction of sp³-hybridized carbons (Fsp3) is 0.188. The van der Waals surface area contributed by atoms with Crippen LogP contribution in [0.1, 0.15) is 16.7 Å². The Morgan fingerprint density at radius 3 is 2.52 bits per heavy atom. The van der Waals surface area contributed by atoms with Crippen LogP contribution < -0.4 is 15.8 Å². The molecule has 0 aliphatic rings. The van der Waals surface area contributed by atoms with Gasteiger partial charge >= 0.3 is 0 Å². The Kier molecular flexibility index (Phi) is 4.70. The summed E-state index contributed by atoms with van der Waals surface area (Å²) in [6.45, 7) is 3.95. The van der Waals surface area contributed by atoms with Gasteiger partial charge in [0.25, 0.3) is 0 Å². The van der Waals surface area contributed by atoms with Crippen molar-refractivity contribution in [1.82, 2.24) is 0 Å². The number of halogens is 1. The lowest BCUT2D eigenvalue weighted by Crippen LogP contribution is -2.12. The Morgan fingerprint density at radius 2 is 1.90 bits per heavy atom. The maximum Gasteiger partial charge on any atom is 0.143 e. The second kappa shape index (κ2) is 6.33. The predicted octanol–water partition coefficient (Wildman–Crippen LogP) is 4.34. The van der Waals surface area contributed by atoms with Crippen molar-refractivity contribution >= 4 is 40.2 Å². The van der Waals surface area contributed by atoms with E-state index in [0.29, 0.717) is 15.8 Å². The Hall–Kier alpha value is -1.78. The van der Waals surface area contributed by atoms with Gasteiger partial charge in [0, 0.05) is 22.3 Å². The summed E-state index contributed by atoms with van der Waals surface area (Å²) in [5.74, 6) is 0.668. The molecule has 0 aliphatic heterocycles. The zero-order valence-electron chi connectivity index (χ0n) is 12.2. The number of hydrogen-bond donors (Lipinski definition) is 2. The Balaban J connectivity index is 2.49. The molecule has 0 amide bonds. The summed E-state index contributed by atoms with van der Waals surface area (Å²) in [6.07, 6.45) is 0. The summed E-state index contributed by atoms with van der Waals surface area (Å²) in [4.78, 5) is 0.349. The highest BCUT2D eigenvalue weighted by atomic mass is 35.5. The van der Waals surface area contributed by atoms with Crippen molar-refractivity contribution < 1.29 is 4.74 Å². The van der Waals surface area contributed by atoms with E-state index in [-0.39, 0.29) is 0 Å². The number of thiocarbonyl (C=S) groups is 1. The average molecular weight is 321 g/mol. The molecule has 0 aromatic heterocycles. The fourth-order valence-electron chi connectivity index (χ4n) is 2.05. The lowest BCUT2D eigenvalue weighted by atomic mass is 10.1. The zero-order valence-corrected chi connectivity index (χ0v) is 13.7. The molecule has 0 saturated carbocycles. The van der Waals surface area contributed by atoms with E-state index in [1.165, 1.54) is 0 Å². The van der Waals surface area contributed by atoms with Crippen LogP contribution in [0.5, 0.6) is 5.75 Å². The average Bonchev–Trinajstić information content (AvgIpc) is 2.42. The minimum absolute atomic E-state index is 0.349. The molecule has 2 rings (SSSR count). The molecule has 0 fully saturated rings. The van der Waals surface area contributed by atoms with Gasteiger partial charge in [0.05, 0.1) is 12.8 Å². The SMILES string of the molecule is COc1cc(Cl)c(C)cc1Nc1cc(C)ccc1C(N)=S. The van der Waals surface area contributed by atoms with Crippen LogP contribution in [0.3, 0.4) is 0 Å². The summed E-state index contributed by atoms with van der Waals surface area (Å²) in [5, 5.41) is 3.99. The van der Waals surface area contributed by atoms with Crippen LogP contribution in [-0.2, 0) is 0 Å². The standard InChI is InChI=1S/C16H17ClN2OS/c1-9-4-5-11(16(18)21)13(6-9)19-14-7-10(2)12(17)8-15(14)20-3/h4-8,19H,1-3H3,(H2,18,21). The van der Waals surface area contributed by atoms with Gasteiger partial charge in [-0.15, -0.1) is 0 Å². The van der Waals surface area contributed by atoms with Crippen LogP contribution in [0.25, 0.3) is 0 Å². The largest absolute Gasteiger partial charge is 0.495 e. The number of anilines is 2. The first-order valence-corrected chi connectivity index (χ1v) is 7.22. The number of benzene rings is 2. The first-order valence-electron chi connectivity index (χ1n) is 6.44. The van der Waals surface area contributed by atoms with Crippen LogP contribution in [0, 0.1) is 13.8 Å². The molecule has 0 spiro atoms. The van der Waals surface area contributed by atoms with Gasteiger partial charge in [0.15, 0.2) is 0 Å². The predicted molar refractivity (Wildman–Crippen MR) is 93.1 cm³/mol. The van der Waals surface area contributed by atoms with Crippen molar-refractivity contribution in [3.63, 3.8) is 0 Å². The minimum Gasteiger partial charge on any atom is -0.495 e. The van der Waals surface area contributed by atoms with E-state index >= 15 is 0 Å². The van der Waals surface area contributed by atoms with E-state index in [0.717, 1.165) is 28.1 Å². The molecule has 110 valence electrons. The molecule has 0 radical (unpaired) electrons. The third kappa shape index (κ3) is 3.46. The summed E-state index contributed by atoms with van der Waals surface area (Å²) < 4.78 is 5.37. The summed E-state index contributed by atoms with van der Waals surface area (Å²) in [5.41, 5.74) is 10.3. The molecule has 0 bridgehead atoms. The second-order valence-corrected chi connectivity index (χ2v) is 5.69. The molecule has 3 nitrogen and oxygen atoms in total. The summed E-state index contributed by atoms with van der Waals surface area (Å²) in [7, 11) is 1.61. The van der Waals surface area contributed by atoms with Gasteiger partial charge in [-0.1, -0.05) is 29.9 Å². The number of hydrogen-bond acceptors (Lipinski definition) is 3. The van der Waals surface area contributed by atoms with Crippen molar-refractivity contribution in [1.29, 1.82) is 0 Å². The molecule has 3 N–H and O–H groups in total. The molecular weight excluding hydrogens is 304 g/mol. The molecule has 5 heteroatoms. The molecule has 0 aliphatic carbocycles. The number of ether oxygens (including phenoxy) is 1. The lowest BCUT2D eigenvalue weighted by Gasteiger charge is -2.16. The Morgan fingerprint density at radius 1 is 1.19 bits per heavy atom. The lowest BCUT2D eigenvalue weighted by molar-refractivity contribution is 0.417. The van der Waals surface area contributed by atoms with E-state index in [9.17, 15) is 0 Å². The van der Waals surface area contributed by atoms with E-state index in [1.807, 2.05) is 38.1 Å². The first kappa shape index (κ1) is 15.6. The van der Waals surface area contributed by atoms with Crippen molar-refractivity contribution in [2.24, 2.45) is 5.73 Å². The van der Waals surface area contributed by atoms with Crippen LogP contribution >= 0.6 is 23.8 Å². The van der Waals surface area contributed by atoms with Crippen molar-refractivity contribution in [3.05, 3.63) is 52.0 Å². The first-order chi connectivity index (χ1) is 9.92. The van der Waals surface area contributed by atoms with Crippen LogP contribution in [0.4, 0.5) is 11.4 Å². The normalized spacial score (nSPS) is 10.3. The van der Waals surface area contributed by atoms with E-state index < -0.39 is 0 Å². The van der Waals surface area contributed by atoms with Gasteiger partial charge in [-0.2, -0.15) is 0 Å². The quantitative estimate of drug-likeness (QED) is 0.822. The zero-order chi connectivity index (χ0) is 15.6. The van der Waals surface area contributed by atoms with Gasteiger partial charge in [0.2, 0.25) is 0 Å². The van der Waals surface area contributed by atoms with Crippen LogP contribution in [0.15, 0.2) is 30.3 Å². The topological polar surface area (TPSA) is 47.3 Å². The molecule has 0 heterocycles. The fourth-order valence-corrected chi connectivity index (χ4v) is 2.38. The molecule has 0 unspecified atom stereocenters. The number of methoxy groups -OCH3 is 1. The van der Waals surface area contributed by atoms with Crippen molar-refractivity contribution in [3.8, 4) is 5.75 Å². The number of rotatable bonds is 4. The molecule has 2 aromatic carbocycles. The summed E-state index contributed by atoms with van der Waals surface area (Å²) >= 11 is 11.2. The van der Waals surface area contributed by atoms with Crippen molar-refractivity contribution in [2.75, 3.05) is 12.4 Å². The van der Waals surface area contributed by atoms with Gasteiger partial charge in [-0.25, -0.2) is 0 Å². The highest BCUT2D eigenvalue weighted by Gasteiger charge is 2.11. The maximum atomic E-state index is 6.13. The molecule has 0 saturated heterocycles. The van der Waals surface area contributed by atoms with Gasteiger partial charge in [0.1, 0.15) is 10.7 Å². The Bertz CT molecular complexity index is 701. The number of aryl methyl sites for hydroxylation is 2. The molecule has 0 atom stereocenters. The molecule has 2 aromatic rings. The third-order valence-electron chi connectivity index (χ3n) is 3.19. The van der Waals surface area contributed by atoms with Gasteiger partial charge < -0.3 is 15.8 Å². The summed E-state index contributed by atoms with van der Waals surface area (Å²) in [6, 6.07) is 9.61. The highest BCUT2D eigenvalue weighted by molar-refractivity contribution is 7.80. The minimum atomic E-state index is 0.349. The van der Waals surface area contributed by atoms with Crippen LogP contribution in [-0.4, -0.2) is 12.1 Å². The van der Waals surface area contributed by atoms with Gasteiger partial charge in [-0.3, -0.25) is 0 Å². The highest BCUT2D eigenvalue weighted by Crippen LogP contribution is 2.34.